The fourth-order valence-corrected chi connectivity index (χ4v) is 2.53. The number of rotatable bonds is 6. The van der Waals surface area contributed by atoms with Gasteiger partial charge in [0, 0.05) is 5.92 Å². The summed E-state index contributed by atoms with van der Waals surface area (Å²) < 4.78 is 0. The smallest absolute Gasteiger partial charge is 0.134 e. The highest BCUT2D eigenvalue weighted by Crippen LogP contribution is 2.26. The van der Waals surface area contributed by atoms with Crippen molar-refractivity contribution in [3.63, 3.8) is 0 Å². The van der Waals surface area contributed by atoms with Crippen LogP contribution in [0, 0.1) is 0 Å². The third kappa shape index (κ3) is 3.54. The molecule has 0 aromatic carbocycles. The zero-order chi connectivity index (χ0) is 11.3. The lowest BCUT2D eigenvalue weighted by atomic mass is 10.1. The van der Waals surface area contributed by atoms with Crippen LogP contribution in [0.1, 0.15) is 62.5 Å². The average molecular weight is 227 g/mol. The lowest BCUT2D eigenvalue weighted by Gasteiger charge is -2.07. The molecular weight excluding hydrogens is 206 g/mol. The Kier molecular flexibility index (Phi) is 5.19. The minimum Gasteiger partial charge on any atom is -0.308 e. The van der Waals surface area contributed by atoms with E-state index in [2.05, 4.69) is 43.2 Å². The van der Waals surface area contributed by atoms with Crippen molar-refractivity contribution in [3.05, 3.63) is 10.0 Å². The Hall–Kier alpha value is -0.480. The molecule has 0 bridgehead atoms. The van der Waals surface area contributed by atoms with Gasteiger partial charge in [0.05, 0.1) is 6.04 Å². The monoisotopic (exact) mass is 227 g/mol. The third-order valence-electron chi connectivity index (χ3n) is 2.48. The van der Waals surface area contributed by atoms with Crippen LogP contribution in [0.3, 0.4) is 0 Å². The molecule has 1 aromatic rings. The largest absolute Gasteiger partial charge is 0.308 e. The molecule has 0 fully saturated rings. The Morgan fingerprint density at radius 3 is 2.47 bits per heavy atom. The number of hydrogen-bond donors (Lipinski definition) is 1. The Morgan fingerprint density at radius 1 is 1.20 bits per heavy atom. The van der Waals surface area contributed by atoms with Crippen LogP contribution in [0.25, 0.3) is 0 Å². The van der Waals surface area contributed by atoms with E-state index in [0.717, 1.165) is 11.6 Å². The molecule has 0 radical (unpaired) electrons. The molecule has 1 aromatic heterocycles. The quantitative estimate of drug-likeness (QED) is 0.811. The molecule has 86 valence electrons. The van der Waals surface area contributed by atoms with E-state index < -0.39 is 0 Å². The van der Waals surface area contributed by atoms with Gasteiger partial charge in [-0.15, -0.1) is 10.2 Å². The third-order valence-corrected chi connectivity index (χ3v) is 3.82. The van der Waals surface area contributed by atoms with Crippen LogP contribution in [0.15, 0.2) is 0 Å². The molecule has 0 aliphatic carbocycles. The summed E-state index contributed by atoms with van der Waals surface area (Å²) in [6.45, 7) is 9.66. The molecule has 1 N–H and O–H groups in total. The molecule has 0 saturated heterocycles. The van der Waals surface area contributed by atoms with Crippen molar-refractivity contribution in [2.75, 3.05) is 6.54 Å². The van der Waals surface area contributed by atoms with Crippen molar-refractivity contribution in [2.45, 2.75) is 52.5 Å². The Bertz CT molecular complexity index is 259. The van der Waals surface area contributed by atoms with Crippen LogP contribution in [-0.2, 0) is 0 Å². The highest BCUT2D eigenvalue weighted by molar-refractivity contribution is 7.11. The second kappa shape index (κ2) is 6.18. The van der Waals surface area contributed by atoms with E-state index in [-0.39, 0.29) is 0 Å². The van der Waals surface area contributed by atoms with Gasteiger partial charge in [-0.25, -0.2) is 0 Å². The van der Waals surface area contributed by atoms with Crippen molar-refractivity contribution in [1.82, 2.24) is 15.5 Å². The summed E-state index contributed by atoms with van der Waals surface area (Å²) in [5, 5.41) is 14.1. The van der Waals surface area contributed by atoms with E-state index in [1.807, 2.05) is 0 Å². The van der Waals surface area contributed by atoms with Crippen molar-refractivity contribution < 1.29 is 0 Å². The number of aromatic nitrogens is 2. The van der Waals surface area contributed by atoms with E-state index >= 15 is 0 Å². The first-order valence-corrected chi connectivity index (χ1v) is 6.57. The van der Waals surface area contributed by atoms with Gasteiger partial charge in [-0.2, -0.15) is 0 Å². The molecule has 0 aliphatic heterocycles. The van der Waals surface area contributed by atoms with Crippen LogP contribution in [0.4, 0.5) is 0 Å². The number of hydrogen-bond acceptors (Lipinski definition) is 4. The highest BCUT2D eigenvalue weighted by Gasteiger charge is 2.14. The normalized spacial score (nSPS) is 15.2. The fourth-order valence-electron chi connectivity index (χ4n) is 1.57. The van der Waals surface area contributed by atoms with E-state index in [9.17, 15) is 0 Å². The van der Waals surface area contributed by atoms with Crippen LogP contribution in [-0.4, -0.2) is 16.7 Å². The second-order valence-electron chi connectivity index (χ2n) is 3.95. The maximum atomic E-state index is 4.27. The topological polar surface area (TPSA) is 37.8 Å². The maximum Gasteiger partial charge on any atom is 0.134 e. The molecular formula is C11H21N3S. The summed E-state index contributed by atoms with van der Waals surface area (Å²) in [5.41, 5.74) is 0. The minimum absolute atomic E-state index is 0.329. The molecule has 4 heteroatoms. The predicted molar refractivity (Wildman–Crippen MR) is 65.3 cm³/mol. The molecule has 1 heterocycles. The van der Waals surface area contributed by atoms with Gasteiger partial charge in [-0.1, -0.05) is 38.5 Å². The van der Waals surface area contributed by atoms with Crippen molar-refractivity contribution in [1.29, 1.82) is 0 Å². The molecule has 2 unspecified atom stereocenters. The maximum absolute atomic E-state index is 4.27. The van der Waals surface area contributed by atoms with Crippen LogP contribution in [0.2, 0.25) is 0 Å². The lowest BCUT2D eigenvalue weighted by molar-refractivity contribution is 0.588. The van der Waals surface area contributed by atoms with Crippen molar-refractivity contribution in [3.8, 4) is 0 Å². The molecule has 3 nitrogen and oxygen atoms in total. The van der Waals surface area contributed by atoms with Gasteiger partial charge in [-0.3, -0.25) is 0 Å². The number of nitrogens with one attached hydrogen (secondary N) is 1. The molecule has 0 spiro atoms. The Balaban J connectivity index is 2.62. The average Bonchev–Trinajstić information content (AvgIpc) is 2.67. The van der Waals surface area contributed by atoms with E-state index in [1.54, 1.807) is 11.3 Å². The molecule has 15 heavy (non-hydrogen) atoms. The van der Waals surface area contributed by atoms with Gasteiger partial charge in [0.25, 0.3) is 0 Å². The molecule has 0 aliphatic rings. The van der Waals surface area contributed by atoms with E-state index in [0.29, 0.717) is 12.0 Å². The predicted octanol–water partition coefficient (Wildman–Crippen LogP) is 3.11. The lowest BCUT2D eigenvalue weighted by Crippen LogP contribution is -2.17. The highest BCUT2D eigenvalue weighted by atomic mass is 32.1. The molecule has 2 atom stereocenters. The van der Waals surface area contributed by atoms with Crippen LogP contribution >= 0.6 is 11.3 Å². The summed E-state index contributed by atoms with van der Waals surface area (Å²) in [6.07, 6.45) is 2.41. The van der Waals surface area contributed by atoms with E-state index in [1.165, 1.54) is 17.8 Å². The molecule has 1 rings (SSSR count). The van der Waals surface area contributed by atoms with Crippen LogP contribution < -0.4 is 5.32 Å². The Morgan fingerprint density at radius 2 is 1.87 bits per heavy atom. The summed E-state index contributed by atoms with van der Waals surface area (Å²) in [6, 6.07) is 0.329. The first-order valence-electron chi connectivity index (χ1n) is 5.75. The van der Waals surface area contributed by atoms with Gasteiger partial charge in [0.15, 0.2) is 0 Å². The molecule has 0 saturated carbocycles. The first-order chi connectivity index (χ1) is 7.19. The van der Waals surface area contributed by atoms with Crippen LogP contribution in [0.5, 0.6) is 0 Å². The van der Waals surface area contributed by atoms with E-state index in [4.69, 9.17) is 0 Å². The SMILES string of the molecule is CCCC(C)c1nnc(C(C)NCC)s1. The first kappa shape index (κ1) is 12.6. The summed E-state index contributed by atoms with van der Waals surface area (Å²) in [4.78, 5) is 0. The zero-order valence-corrected chi connectivity index (χ0v) is 10.9. The summed E-state index contributed by atoms with van der Waals surface area (Å²) >= 11 is 1.74. The Labute approximate surface area is 96.3 Å². The zero-order valence-electron chi connectivity index (χ0n) is 10.1. The second-order valence-corrected chi connectivity index (χ2v) is 4.99. The minimum atomic E-state index is 0.329. The van der Waals surface area contributed by atoms with Gasteiger partial charge in [0.1, 0.15) is 10.0 Å². The fraction of sp³-hybridized carbons (Fsp3) is 0.818. The standard InChI is InChI=1S/C11H21N3S/c1-5-7-8(3)10-13-14-11(15-10)9(4)12-6-2/h8-9,12H,5-7H2,1-4H3. The van der Waals surface area contributed by atoms with Gasteiger partial charge in [-0.05, 0) is 19.9 Å². The summed E-state index contributed by atoms with van der Waals surface area (Å²) in [7, 11) is 0. The summed E-state index contributed by atoms with van der Waals surface area (Å²) in [5.74, 6) is 0.551. The molecule has 0 amide bonds. The van der Waals surface area contributed by atoms with Gasteiger partial charge < -0.3 is 5.32 Å². The van der Waals surface area contributed by atoms with Crippen molar-refractivity contribution >= 4 is 11.3 Å². The van der Waals surface area contributed by atoms with Crippen molar-refractivity contribution in [2.24, 2.45) is 0 Å². The number of nitrogens with zero attached hydrogens (tertiary/aromatic N) is 2. The van der Waals surface area contributed by atoms with Gasteiger partial charge >= 0.3 is 0 Å². The van der Waals surface area contributed by atoms with Gasteiger partial charge in [0.2, 0.25) is 0 Å².